The molecule has 6 nitrogen and oxygen atoms in total. The highest BCUT2D eigenvalue weighted by molar-refractivity contribution is 14.0. The average Bonchev–Trinajstić information content (AvgIpc) is 3.16. The Bertz CT molecular complexity index is 651. The van der Waals surface area contributed by atoms with Crippen molar-refractivity contribution < 1.29 is 23.0 Å². The van der Waals surface area contributed by atoms with Gasteiger partial charge in [-0.15, -0.1) is 24.0 Å². The molecule has 0 amide bonds. The minimum atomic E-state index is -2.98. The number of rotatable bonds is 10. The van der Waals surface area contributed by atoms with Crippen molar-refractivity contribution in [3.63, 3.8) is 0 Å². The fraction of sp³-hybridized carbons (Fsp3) is 0.611. The summed E-state index contributed by atoms with van der Waals surface area (Å²) in [5, 5.41) is 6.52. The van der Waals surface area contributed by atoms with Crippen LogP contribution >= 0.6 is 47.2 Å². The van der Waals surface area contributed by atoms with Crippen LogP contribution < -0.4 is 15.4 Å². The number of nitrogens with zero attached hydrogens (tertiary/aromatic N) is 1. The van der Waals surface area contributed by atoms with Crippen molar-refractivity contribution in [2.75, 3.05) is 40.0 Å². The fourth-order valence-electron chi connectivity index (χ4n) is 2.71. The van der Waals surface area contributed by atoms with Crippen molar-refractivity contribution in [3.05, 3.63) is 27.7 Å². The summed E-state index contributed by atoms with van der Waals surface area (Å²) in [4.78, 5) is 4.10. The van der Waals surface area contributed by atoms with Crippen LogP contribution in [0.2, 0.25) is 10.0 Å². The van der Waals surface area contributed by atoms with Gasteiger partial charge in [-0.3, -0.25) is 4.99 Å². The van der Waals surface area contributed by atoms with Gasteiger partial charge in [0.2, 0.25) is 0 Å². The van der Waals surface area contributed by atoms with Crippen molar-refractivity contribution in [3.8, 4) is 5.75 Å². The lowest BCUT2D eigenvalue weighted by molar-refractivity contribution is -0.0504. The van der Waals surface area contributed by atoms with Gasteiger partial charge in [-0.25, -0.2) is 0 Å². The standard InChI is InChI=1S/C18H25Cl2F2N3O3.HI/c1-23-18(24-4-2-5-26-10-12-3-6-27-11-12)25-9-13-7-14(19)8-15(20)16(13)28-17(21)22;/h7-8,12,17H,2-6,9-11H2,1H3,(H2,23,24,25);1H. The van der Waals surface area contributed by atoms with Crippen LogP contribution in [-0.2, 0) is 16.0 Å². The number of hydrogen-bond donors (Lipinski definition) is 2. The molecule has 1 aromatic carbocycles. The van der Waals surface area contributed by atoms with E-state index in [1.165, 1.54) is 12.1 Å². The van der Waals surface area contributed by atoms with E-state index in [9.17, 15) is 8.78 Å². The first-order valence-corrected chi connectivity index (χ1v) is 9.78. The number of aliphatic imine (C=N–C) groups is 1. The van der Waals surface area contributed by atoms with Crippen LogP contribution in [0.4, 0.5) is 8.78 Å². The van der Waals surface area contributed by atoms with E-state index in [1.807, 2.05) is 0 Å². The molecule has 0 aliphatic carbocycles. The summed E-state index contributed by atoms with van der Waals surface area (Å²) >= 11 is 11.9. The number of ether oxygens (including phenoxy) is 3. The fourth-order valence-corrected chi connectivity index (χ4v) is 3.29. The summed E-state index contributed by atoms with van der Waals surface area (Å²) < 4.78 is 40.7. The van der Waals surface area contributed by atoms with E-state index in [0.717, 1.165) is 32.7 Å². The largest absolute Gasteiger partial charge is 0.433 e. The van der Waals surface area contributed by atoms with Crippen LogP contribution in [-0.4, -0.2) is 52.6 Å². The predicted octanol–water partition coefficient (Wildman–Crippen LogP) is 4.32. The van der Waals surface area contributed by atoms with Gasteiger partial charge in [-0.2, -0.15) is 8.78 Å². The molecule has 0 bridgehead atoms. The molecule has 1 heterocycles. The number of nitrogens with one attached hydrogen (secondary N) is 2. The van der Waals surface area contributed by atoms with Gasteiger partial charge >= 0.3 is 6.61 Å². The lowest BCUT2D eigenvalue weighted by Gasteiger charge is -2.16. The van der Waals surface area contributed by atoms with Crippen LogP contribution in [0.5, 0.6) is 5.75 Å². The molecule has 0 spiro atoms. The first-order chi connectivity index (χ1) is 13.5. The Labute approximate surface area is 196 Å². The summed E-state index contributed by atoms with van der Waals surface area (Å²) in [6.45, 7) is 0.786. The first-order valence-electron chi connectivity index (χ1n) is 9.02. The van der Waals surface area contributed by atoms with E-state index in [2.05, 4.69) is 20.4 Å². The summed E-state index contributed by atoms with van der Waals surface area (Å²) in [7, 11) is 1.62. The maximum atomic E-state index is 12.6. The highest BCUT2D eigenvalue weighted by Crippen LogP contribution is 2.33. The number of alkyl halides is 2. The van der Waals surface area contributed by atoms with Gasteiger partial charge in [0, 0.05) is 49.9 Å². The lowest BCUT2D eigenvalue weighted by atomic mass is 10.1. The number of halogens is 5. The van der Waals surface area contributed by atoms with Crippen molar-refractivity contribution in [2.45, 2.75) is 26.0 Å². The SMILES string of the molecule is CN=C(NCCCOCC1CCOC1)NCc1cc(Cl)cc(Cl)c1OC(F)F.I. The molecule has 2 N–H and O–H groups in total. The lowest BCUT2D eigenvalue weighted by Crippen LogP contribution is -2.37. The van der Waals surface area contributed by atoms with Crippen LogP contribution in [0, 0.1) is 5.92 Å². The molecular formula is C18H26Cl2F2IN3O3. The smallest absolute Gasteiger partial charge is 0.387 e. The summed E-state index contributed by atoms with van der Waals surface area (Å²) in [6, 6.07) is 2.88. The van der Waals surface area contributed by atoms with Gasteiger partial charge in [0.25, 0.3) is 0 Å². The molecule has 1 fully saturated rings. The highest BCUT2D eigenvalue weighted by atomic mass is 127. The average molecular weight is 568 g/mol. The van der Waals surface area contributed by atoms with Crippen LogP contribution in [0.3, 0.4) is 0 Å². The van der Waals surface area contributed by atoms with Gasteiger partial charge < -0.3 is 24.8 Å². The normalized spacial score (nSPS) is 16.6. The Morgan fingerprint density at radius 3 is 2.79 bits per heavy atom. The second-order valence-corrected chi connectivity index (χ2v) is 7.11. The second-order valence-electron chi connectivity index (χ2n) is 6.26. The second kappa shape index (κ2) is 14.4. The van der Waals surface area contributed by atoms with Gasteiger partial charge in [0.15, 0.2) is 5.96 Å². The van der Waals surface area contributed by atoms with E-state index in [1.54, 1.807) is 7.05 Å². The Morgan fingerprint density at radius 1 is 1.34 bits per heavy atom. The van der Waals surface area contributed by atoms with Crippen LogP contribution in [0.1, 0.15) is 18.4 Å². The van der Waals surface area contributed by atoms with Crippen molar-refractivity contribution in [1.29, 1.82) is 0 Å². The molecule has 1 unspecified atom stereocenters. The van der Waals surface area contributed by atoms with Crippen molar-refractivity contribution >= 4 is 53.1 Å². The summed E-state index contributed by atoms with van der Waals surface area (Å²) in [5.74, 6) is 0.910. The van der Waals surface area contributed by atoms with Crippen LogP contribution in [0.15, 0.2) is 17.1 Å². The summed E-state index contributed by atoms with van der Waals surface area (Å²) in [6.07, 6.45) is 1.86. The number of hydrogen-bond acceptors (Lipinski definition) is 4. The number of benzene rings is 1. The molecule has 1 aliphatic heterocycles. The van der Waals surface area contributed by atoms with Gasteiger partial charge in [0.1, 0.15) is 5.75 Å². The Balaban J connectivity index is 0.00000420. The van der Waals surface area contributed by atoms with E-state index in [-0.39, 0.29) is 41.3 Å². The molecule has 1 atom stereocenters. The third kappa shape index (κ3) is 9.82. The Hall–Kier alpha value is -0.620. The van der Waals surface area contributed by atoms with E-state index in [0.29, 0.717) is 35.6 Å². The van der Waals surface area contributed by atoms with E-state index in [4.69, 9.17) is 32.7 Å². The van der Waals surface area contributed by atoms with E-state index < -0.39 is 6.61 Å². The molecule has 29 heavy (non-hydrogen) atoms. The zero-order chi connectivity index (χ0) is 20.4. The third-order valence-corrected chi connectivity index (χ3v) is 4.60. The molecule has 2 rings (SSSR count). The maximum absolute atomic E-state index is 12.6. The Kier molecular flexibility index (Phi) is 13.1. The molecule has 166 valence electrons. The van der Waals surface area contributed by atoms with Gasteiger partial charge in [-0.05, 0) is 25.0 Å². The van der Waals surface area contributed by atoms with Gasteiger partial charge in [-0.1, -0.05) is 23.2 Å². The van der Waals surface area contributed by atoms with Crippen LogP contribution in [0.25, 0.3) is 0 Å². The molecular weight excluding hydrogens is 542 g/mol. The highest BCUT2D eigenvalue weighted by Gasteiger charge is 2.16. The quantitative estimate of drug-likeness (QED) is 0.191. The minimum Gasteiger partial charge on any atom is -0.433 e. The summed E-state index contributed by atoms with van der Waals surface area (Å²) in [5.41, 5.74) is 0.405. The monoisotopic (exact) mass is 567 g/mol. The molecule has 0 radical (unpaired) electrons. The topological polar surface area (TPSA) is 64.1 Å². The molecule has 1 aliphatic rings. The van der Waals surface area contributed by atoms with E-state index >= 15 is 0 Å². The first kappa shape index (κ1) is 26.4. The minimum absolute atomic E-state index is 0. The zero-order valence-electron chi connectivity index (χ0n) is 16.1. The van der Waals surface area contributed by atoms with Gasteiger partial charge in [0.05, 0.1) is 18.2 Å². The predicted molar refractivity (Wildman–Crippen MR) is 121 cm³/mol. The number of guanidine groups is 1. The van der Waals surface area contributed by atoms with Crippen molar-refractivity contribution in [2.24, 2.45) is 10.9 Å². The third-order valence-electron chi connectivity index (χ3n) is 4.10. The molecule has 1 aromatic rings. The zero-order valence-corrected chi connectivity index (χ0v) is 19.9. The Morgan fingerprint density at radius 2 is 2.14 bits per heavy atom. The molecule has 0 saturated carbocycles. The van der Waals surface area contributed by atoms with Crippen molar-refractivity contribution in [1.82, 2.24) is 10.6 Å². The maximum Gasteiger partial charge on any atom is 0.387 e. The molecule has 0 aromatic heterocycles. The molecule has 1 saturated heterocycles. The molecule has 11 heteroatoms.